The van der Waals surface area contributed by atoms with E-state index >= 15 is 0 Å². The Balaban J connectivity index is 1.94. The van der Waals surface area contributed by atoms with Gasteiger partial charge in [0.15, 0.2) is 0 Å². The molecule has 0 saturated heterocycles. The average molecular weight is 225 g/mol. The fourth-order valence-electron chi connectivity index (χ4n) is 2.50. The second kappa shape index (κ2) is 3.75. The summed E-state index contributed by atoms with van der Waals surface area (Å²) < 4.78 is 0. The van der Waals surface area contributed by atoms with Crippen LogP contribution < -0.4 is 5.32 Å². The molecule has 2 N–H and O–H groups in total. The molecule has 2 saturated carbocycles. The van der Waals surface area contributed by atoms with Gasteiger partial charge in [0, 0.05) is 5.41 Å². The van der Waals surface area contributed by atoms with E-state index in [9.17, 15) is 9.59 Å². The van der Waals surface area contributed by atoms with Gasteiger partial charge < -0.3 is 10.4 Å². The Morgan fingerprint density at radius 3 is 2.19 bits per heavy atom. The van der Waals surface area contributed by atoms with E-state index in [2.05, 4.69) is 5.32 Å². The first-order valence-corrected chi connectivity index (χ1v) is 6.06. The van der Waals surface area contributed by atoms with Gasteiger partial charge in [0.1, 0.15) is 0 Å². The molecule has 0 bridgehead atoms. The molecule has 0 spiro atoms. The third-order valence-corrected chi connectivity index (χ3v) is 4.19. The maximum Gasteiger partial charge on any atom is 0.305 e. The maximum atomic E-state index is 12.1. The van der Waals surface area contributed by atoms with Gasteiger partial charge in [-0.05, 0) is 32.1 Å². The van der Waals surface area contributed by atoms with Crippen LogP contribution in [0.15, 0.2) is 0 Å². The molecule has 0 aromatic rings. The maximum absolute atomic E-state index is 12.1. The summed E-state index contributed by atoms with van der Waals surface area (Å²) >= 11 is 0. The smallest absolute Gasteiger partial charge is 0.305 e. The minimum atomic E-state index is -0.822. The van der Waals surface area contributed by atoms with Gasteiger partial charge in [-0.3, -0.25) is 9.59 Å². The molecular weight excluding hydrogens is 206 g/mol. The fourth-order valence-corrected chi connectivity index (χ4v) is 2.50. The second-order valence-corrected chi connectivity index (χ2v) is 5.29. The number of carbonyl (C=O) groups is 2. The summed E-state index contributed by atoms with van der Waals surface area (Å²) in [6.45, 7) is 2.04. The van der Waals surface area contributed by atoms with Crippen LogP contribution >= 0.6 is 0 Å². The van der Waals surface area contributed by atoms with Gasteiger partial charge >= 0.3 is 5.97 Å². The first-order valence-electron chi connectivity index (χ1n) is 6.06. The summed E-state index contributed by atoms with van der Waals surface area (Å²) in [6.07, 6.45) is 5.58. The van der Waals surface area contributed by atoms with Crippen LogP contribution in [0, 0.1) is 5.41 Å². The van der Waals surface area contributed by atoms with E-state index in [-0.39, 0.29) is 17.7 Å². The second-order valence-electron chi connectivity index (χ2n) is 5.29. The van der Waals surface area contributed by atoms with Gasteiger partial charge in [-0.25, -0.2) is 0 Å². The summed E-state index contributed by atoms with van der Waals surface area (Å²) in [5.74, 6) is -0.739. The van der Waals surface area contributed by atoms with Crippen molar-refractivity contribution in [2.45, 2.75) is 57.4 Å². The molecule has 2 rings (SSSR count). The number of nitrogens with one attached hydrogen (secondary N) is 1. The van der Waals surface area contributed by atoms with Crippen molar-refractivity contribution in [3.05, 3.63) is 0 Å². The Labute approximate surface area is 95.4 Å². The van der Waals surface area contributed by atoms with Gasteiger partial charge in [-0.2, -0.15) is 0 Å². The Bertz CT molecular complexity index is 311. The van der Waals surface area contributed by atoms with E-state index in [1.807, 2.05) is 6.92 Å². The number of carbonyl (C=O) groups excluding carboxylic acids is 1. The summed E-state index contributed by atoms with van der Waals surface area (Å²) in [6, 6.07) is 0. The van der Waals surface area contributed by atoms with Crippen LogP contribution in [0.1, 0.15) is 51.9 Å². The summed E-state index contributed by atoms with van der Waals surface area (Å²) in [7, 11) is 0. The molecule has 4 nitrogen and oxygen atoms in total. The molecule has 2 aliphatic rings. The van der Waals surface area contributed by atoms with E-state index in [1.165, 1.54) is 0 Å². The topological polar surface area (TPSA) is 66.4 Å². The molecule has 1 amide bonds. The highest BCUT2D eigenvalue weighted by Gasteiger charge is 2.50. The molecule has 90 valence electrons. The van der Waals surface area contributed by atoms with Gasteiger partial charge in [-0.15, -0.1) is 0 Å². The molecule has 16 heavy (non-hydrogen) atoms. The van der Waals surface area contributed by atoms with Gasteiger partial charge in [0.05, 0.1) is 12.0 Å². The highest BCUT2D eigenvalue weighted by Crippen LogP contribution is 2.46. The van der Waals surface area contributed by atoms with Crippen molar-refractivity contribution in [2.24, 2.45) is 5.41 Å². The van der Waals surface area contributed by atoms with Crippen molar-refractivity contribution < 1.29 is 14.7 Å². The Morgan fingerprint density at radius 1 is 1.25 bits per heavy atom. The molecule has 2 fully saturated rings. The number of carboxylic acids is 1. The zero-order chi connectivity index (χ0) is 11.8. The predicted molar refractivity (Wildman–Crippen MR) is 58.9 cm³/mol. The first-order chi connectivity index (χ1) is 7.52. The average Bonchev–Trinajstić information content (AvgIpc) is 2.82. The van der Waals surface area contributed by atoms with Crippen molar-refractivity contribution in [1.82, 2.24) is 5.32 Å². The quantitative estimate of drug-likeness (QED) is 0.748. The van der Waals surface area contributed by atoms with E-state index in [0.29, 0.717) is 0 Å². The molecule has 0 unspecified atom stereocenters. The molecule has 0 aromatic heterocycles. The number of rotatable bonds is 5. The predicted octanol–water partition coefficient (Wildman–Crippen LogP) is 1.69. The number of hydrogen-bond donors (Lipinski definition) is 2. The Kier molecular flexibility index (Phi) is 2.68. The number of hydrogen-bond acceptors (Lipinski definition) is 2. The largest absolute Gasteiger partial charge is 0.481 e. The minimum absolute atomic E-state index is 0.0680. The van der Waals surface area contributed by atoms with Crippen LogP contribution in [-0.2, 0) is 9.59 Å². The zero-order valence-electron chi connectivity index (χ0n) is 9.71. The van der Waals surface area contributed by atoms with Crippen LogP contribution in [0.25, 0.3) is 0 Å². The highest BCUT2D eigenvalue weighted by atomic mass is 16.4. The van der Waals surface area contributed by atoms with Crippen LogP contribution in [-0.4, -0.2) is 22.5 Å². The lowest BCUT2D eigenvalue weighted by molar-refractivity contribution is -0.140. The van der Waals surface area contributed by atoms with Crippen LogP contribution in [0.4, 0.5) is 0 Å². The van der Waals surface area contributed by atoms with E-state index in [0.717, 1.165) is 38.5 Å². The van der Waals surface area contributed by atoms with Gasteiger partial charge in [0.2, 0.25) is 5.91 Å². The third kappa shape index (κ3) is 1.93. The molecule has 4 heteroatoms. The lowest BCUT2D eigenvalue weighted by Gasteiger charge is -2.40. The van der Waals surface area contributed by atoms with Gasteiger partial charge in [-0.1, -0.05) is 13.3 Å². The fraction of sp³-hybridized carbons (Fsp3) is 0.833. The third-order valence-electron chi connectivity index (χ3n) is 4.19. The van der Waals surface area contributed by atoms with E-state index in [1.54, 1.807) is 0 Å². The SMILES string of the molecule is CCC1(C(=O)NC2(CC(=O)O)CC2)CCC1. The van der Waals surface area contributed by atoms with Crippen LogP contribution in [0.2, 0.25) is 0 Å². The normalized spacial score (nSPS) is 24.3. The van der Waals surface area contributed by atoms with Crippen LogP contribution in [0.5, 0.6) is 0 Å². The molecule has 2 aliphatic carbocycles. The monoisotopic (exact) mass is 225 g/mol. The summed E-state index contributed by atoms with van der Waals surface area (Å²) in [4.78, 5) is 22.8. The molecule has 0 atom stereocenters. The lowest BCUT2D eigenvalue weighted by atomic mass is 9.66. The molecule has 0 radical (unpaired) electrons. The highest BCUT2D eigenvalue weighted by molar-refractivity contribution is 5.85. The van der Waals surface area contributed by atoms with Crippen molar-refractivity contribution in [3.63, 3.8) is 0 Å². The standard InChI is InChI=1S/C12H19NO3/c1-2-11(4-3-5-11)10(16)13-12(6-7-12)8-9(14)15/h2-8H2,1H3,(H,13,16)(H,14,15). The first kappa shape index (κ1) is 11.4. The minimum Gasteiger partial charge on any atom is -0.481 e. The number of amides is 1. The van der Waals surface area contributed by atoms with E-state index in [4.69, 9.17) is 5.11 Å². The zero-order valence-corrected chi connectivity index (χ0v) is 9.71. The van der Waals surface area contributed by atoms with Crippen molar-refractivity contribution in [1.29, 1.82) is 0 Å². The molecule has 0 aliphatic heterocycles. The molecule has 0 heterocycles. The Hall–Kier alpha value is -1.06. The molecule has 0 aromatic carbocycles. The van der Waals surface area contributed by atoms with Crippen molar-refractivity contribution >= 4 is 11.9 Å². The van der Waals surface area contributed by atoms with Gasteiger partial charge in [0.25, 0.3) is 0 Å². The lowest BCUT2D eigenvalue weighted by Crippen LogP contribution is -2.50. The number of carboxylic acid groups (broad SMARTS) is 1. The van der Waals surface area contributed by atoms with Crippen molar-refractivity contribution in [2.75, 3.05) is 0 Å². The van der Waals surface area contributed by atoms with Crippen molar-refractivity contribution in [3.8, 4) is 0 Å². The summed E-state index contributed by atoms with van der Waals surface area (Å²) in [5, 5.41) is 11.8. The number of aliphatic carboxylic acids is 1. The van der Waals surface area contributed by atoms with Crippen LogP contribution in [0.3, 0.4) is 0 Å². The summed E-state index contributed by atoms with van der Waals surface area (Å²) in [5.41, 5.74) is -0.602. The molecular formula is C12H19NO3. The van der Waals surface area contributed by atoms with E-state index < -0.39 is 11.5 Å². The Morgan fingerprint density at radius 2 is 1.88 bits per heavy atom.